The van der Waals surface area contributed by atoms with Crippen LogP contribution < -0.4 is 4.74 Å². The van der Waals surface area contributed by atoms with Gasteiger partial charge in [-0.3, -0.25) is 19.7 Å². The van der Waals surface area contributed by atoms with E-state index in [9.17, 15) is 19.7 Å². The Morgan fingerprint density at radius 3 is 2.26 bits per heavy atom. The summed E-state index contributed by atoms with van der Waals surface area (Å²) < 4.78 is 10.1. The van der Waals surface area contributed by atoms with E-state index in [2.05, 4.69) is 0 Å². The average Bonchev–Trinajstić information content (AvgIpc) is 2.64. The third-order valence-corrected chi connectivity index (χ3v) is 4.11. The molecule has 0 bridgehead atoms. The van der Waals surface area contributed by atoms with Gasteiger partial charge in [0.2, 0.25) is 5.75 Å². The number of alkyl halides is 1. The lowest BCUT2D eigenvalue weighted by Crippen LogP contribution is -2.11. The molecule has 0 amide bonds. The smallest absolute Gasteiger partial charge is 0.311 e. The van der Waals surface area contributed by atoms with Crippen LogP contribution in [0.15, 0.2) is 24.3 Å². The molecule has 0 atom stereocenters. The fourth-order valence-corrected chi connectivity index (χ4v) is 2.60. The Hall–Kier alpha value is -2.15. The number of halogens is 1. The molecular formula is C19H26ClNO6. The Labute approximate surface area is 164 Å². The molecule has 27 heavy (non-hydrogen) atoms. The number of carbonyl (C=O) groups excluding carboxylic acids is 2. The second-order valence-electron chi connectivity index (χ2n) is 6.08. The van der Waals surface area contributed by atoms with Crippen molar-refractivity contribution in [2.45, 2.75) is 57.8 Å². The maximum Gasteiger partial charge on any atom is 0.311 e. The number of hydrogen-bond acceptors (Lipinski definition) is 6. The van der Waals surface area contributed by atoms with Crippen molar-refractivity contribution in [1.82, 2.24) is 0 Å². The van der Waals surface area contributed by atoms with Crippen LogP contribution in [0.25, 0.3) is 0 Å². The highest BCUT2D eigenvalue weighted by atomic mass is 35.5. The number of rotatable bonds is 14. The zero-order valence-corrected chi connectivity index (χ0v) is 16.1. The number of unbranched alkanes of at least 4 members (excludes halogenated alkanes) is 5. The summed E-state index contributed by atoms with van der Waals surface area (Å²) >= 11 is 5.61. The van der Waals surface area contributed by atoms with E-state index in [1.807, 2.05) is 0 Å². The first kappa shape index (κ1) is 22.9. The van der Waals surface area contributed by atoms with Crippen LogP contribution in [-0.2, 0) is 14.3 Å². The summed E-state index contributed by atoms with van der Waals surface area (Å²) in [6.45, 7) is 0.384. The Balaban J connectivity index is 2.12. The molecule has 1 aromatic carbocycles. The summed E-state index contributed by atoms with van der Waals surface area (Å²) in [7, 11) is 0. The average molecular weight is 400 g/mol. The summed E-state index contributed by atoms with van der Waals surface area (Å²) in [5.74, 6) is -0.362. The first-order valence-electron chi connectivity index (χ1n) is 9.20. The van der Waals surface area contributed by atoms with Gasteiger partial charge in [0, 0.05) is 24.8 Å². The van der Waals surface area contributed by atoms with E-state index < -0.39 is 10.9 Å². The molecule has 1 aromatic rings. The van der Waals surface area contributed by atoms with E-state index in [1.54, 1.807) is 6.07 Å². The third-order valence-electron chi connectivity index (χ3n) is 3.84. The Bertz CT molecular complexity index is 608. The number of benzene rings is 1. The molecule has 0 spiro atoms. The summed E-state index contributed by atoms with van der Waals surface area (Å²) in [6.07, 6.45) is 6.63. The van der Waals surface area contributed by atoms with Gasteiger partial charge in [-0.2, -0.15) is 0 Å². The number of ether oxygens (including phenoxy) is 2. The molecule has 0 saturated heterocycles. The van der Waals surface area contributed by atoms with Gasteiger partial charge in [0.15, 0.2) is 0 Å². The van der Waals surface area contributed by atoms with Crippen LogP contribution >= 0.6 is 11.6 Å². The van der Waals surface area contributed by atoms with E-state index >= 15 is 0 Å². The Morgan fingerprint density at radius 1 is 0.926 bits per heavy atom. The molecule has 0 aliphatic carbocycles. The lowest BCUT2D eigenvalue weighted by atomic mass is 10.1. The topological polar surface area (TPSA) is 95.7 Å². The highest BCUT2D eigenvalue weighted by Crippen LogP contribution is 2.26. The molecule has 7 nitrogen and oxygen atoms in total. The van der Waals surface area contributed by atoms with E-state index in [0.717, 1.165) is 38.5 Å². The summed E-state index contributed by atoms with van der Waals surface area (Å²) in [4.78, 5) is 33.6. The first-order valence-corrected chi connectivity index (χ1v) is 9.73. The normalized spacial score (nSPS) is 10.4. The van der Waals surface area contributed by atoms with Gasteiger partial charge in [-0.15, -0.1) is 11.6 Å². The maximum atomic E-state index is 11.8. The number of nitro benzene ring substituents is 1. The number of nitrogens with zero attached hydrogens (tertiary/aromatic N) is 1. The number of nitro groups is 1. The van der Waals surface area contributed by atoms with Gasteiger partial charge in [-0.05, 0) is 25.3 Å². The number of para-hydroxylation sites is 2. The lowest BCUT2D eigenvalue weighted by Gasteiger charge is -2.06. The van der Waals surface area contributed by atoms with Crippen LogP contribution in [0.4, 0.5) is 5.69 Å². The van der Waals surface area contributed by atoms with Crippen LogP contribution in [0, 0.1) is 10.1 Å². The van der Waals surface area contributed by atoms with Gasteiger partial charge in [0.05, 0.1) is 11.5 Å². The SMILES string of the molecule is O=C(CCCC(=O)Oc1ccccc1[N+](=O)[O-])OCCCCCCCCCl. The number of hydrogen-bond donors (Lipinski definition) is 0. The zero-order chi connectivity index (χ0) is 19.9. The van der Waals surface area contributed by atoms with Crippen LogP contribution in [0.3, 0.4) is 0 Å². The Kier molecular flexibility index (Phi) is 11.8. The van der Waals surface area contributed by atoms with Crippen LogP contribution in [0.5, 0.6) is 5.75 Å². The minimum absolute atomic E-state index is 0.0122. The molecule has 0 aliphatic heterocycles. The van der Waals surface area contributed by atoms with E-state index in [4.69, 9.17) is 21.1 Å². The molecule has 8 heteroatoms. The summed E-state index contributed by atoms with van der Waals surface area (Å²) in [5, 5.41) is 10.9. The fourth-order valence-electron chi connectivity index (χ4n) is 2.41. The monoisotopic (exact) mass is 399 g/mol. The van der Waals surface area contributed by atoms with Gasteiger partial charge in [-0.1, -0.05) is 37.8 Å². The highest BCUT2D eigenvalue weighted by Gasteiger charge is 2.17. The van der Waals surface area contributed by atoms with Gasteiger partial charge in [0.1, 0.15) is 0 Å². The standard InChI is InChI=1S/C19H26ClNO6/c20-14-7-3-1-2-4-8-15-26-18(22)12-9-13-19(23)27-17-11-6-5-10-16(17)21(24)25/h5-6,10-11H,1-4,7-9,12-15H2. The quantitative estimate of drug-likeness (QED) is 0.111. The molecule has 0 unspecified atom stereocenters. The first-order chi connectivity index (χ1) is 13.0. The van der Waals surface area contributed by atoms with Crippen molar-refractivity contribution in [3.63, 3.8) is 0 Å². The molecule has 1 rings (SSSR count). The fraction of sp³-hybridized carbons (Fsp3) is 0.579. The third kappa shape index (κ3) is 10.6. The largest absolute Gasteiger partial charge is 0.466 e. The van der Waals surface area contributed by atoms with Crippen molar-refractivity contribution in [1.29, 1.82) is 0 Å². The van der Waals surface area contributed by atoms with Crippen LogP contribution in [0.2, 0.25) is 0 Å². The zero-order valence-electron chi connectivity index (χ0n) is 15.4. The molecule has 0 aliphatic rings. The summed E-state index contributed by atoms with van der Waals surface area (Å²) in [6, 6.07) is 5.66. The molecule has 0 saturated carbocycles. The van der Waals surface area contributed by atoms with E-state index in [1.165, 1.54) is 18.2 Å². The molecule has 0 aromatic heterocycles. The van der Waals surface area contributed by atoms with Crippen molar-refractivity contribution < 1.29 is 24.0 Å². The second kappa shape index (κ2) is 14.0. The lowest BCUT2D eigenvalue weighted by molar-refractivity contribution is -0.385. The van der Waals surface area contributed by atoms with E-state index in [0.29, 0.717) is 12.5 Å². The van der Waals surface area contributed by atoms with E-state index in [-0.39, 0.29) is 36.7 Å². The second-order valence-corrected chi connectivity index (χ2v) is 6.46. The molecule has 0 N–H and O–H groups in total. The van der Waals surface area contributed by atoms with Gasteiger partial charge in [-0.25, -0.2) is 0 Å². The van der Waals surface area contributed by atoms with Crippen LogP contribution in [0.1, 0.15) is 57.8 Å². The van der Waals surface area contributed by atoms with Crippen molar-refractivity contribution in [3.8, 4) is 5.75 Å². The van der Waals surface area contributed by atoms with Gasteiger partial charge >= 0.3 is 17.6 Å². The predicted octanol–water partition coefficient (Wildman–Crippen LogP) is 4.79. The van der Waals surface area contributed by atoms with Gasteiger partial charge in [0.25, 0.3) is 0 Å². The van der Waals surface area contributed by atoms with Crippen LogP contribution in [-0.4, -0.2) is 29.3 Å². The Morgan fingerprint density at radius 2 is 1.56 bits per heavy atom. The number of carbonyl (C=O) groups is 2. The minimum Gasteiger partial charge on any atom is -0.466 e. The van der Waals surface area contributed by atoms with Crippen molar-refractivity contribution in [3.05, 3.63) is 34.4 Å². The molecule has 0 heterocycles. The molecule has 150 valence electrons. The predicted molar refractivity (Wildman–Crippen MR) is 102 cm³/mol. The van der Waals surface area contributed by atoms with Crippen molar-refractivity contribution in [2.75, 3.05) is 12.5 Å². The van der Waals surface area contributed by atoms with Gasteiger partial charge < -0.3 is 9.47 Å². The molecule has 0 radical (unpaired) electrons. The van der Waals surface area contributed by atoms with Crippen molar-refractivity contribution >= 4 is 29.2 Å². The number of esters is 2. The summed E-state index contributed by atoms with van der Waals surface area (Å²) in [5.41, 5.74) is -0.270. The maximum absolute atomic E-state index is 11.8. The highest BCUT2D eigenvalue weighted by molar-refractivity contribution is 6.17. The molecular weight excluding hydrogens is 374 g/mol. The minimum atomic E-state index is -0.617. The van der Waals surface area contributed by atoms with Crippen molar-refractivity contribution in [2.24, 2.45) is 0 Å². The molecule has 0 fully saturated rings.